The van der Waals surface area contributed by atoms with Crippen molar-refractivity contribution < 1.29 is 23.9 Å². The number of barbiturate groups is 1. The number of hydrogen-bond acceptors (Lipinski definition) is 5. The largest absolute Gasteiger partial charge is 0.490 e. The number of nitrogens with one attached hydrogen (secondary N) is 1. The van der Waals surface area contributed by atoms with Crippen LogP contribution in [0.1, 0.15) is 23.6 Å². The lowest BCUT2D eigenvalue weighted by Gasteiger charge is -2.27. The van der Waals surface area contributed by atoms with Crippen LogP contribution in [0, 0.1) is 6.92 Å². The zero-order valence-electron chi connectivity index (χ0n) is 19.8. The van der Waals surface area contributed by atoms with Gasteiger partial charge in [-0.1, -0.05) is 39.7 Å². The fourth-order valence-corrected chi connectivity index (χ4v) is 5.03. The van der Waals surface area contributed by atoms with Gasteiger partial charge in [0.15, 0.2) is 11.5 Å². The van der Waals surface area contributed by atoms with Gasteiger partial charge in [-0.05, 0) is 95.0 Å². The molecule has 1 saturated heterocycles. The number of anilines is 1. The quantitative estimate of drug-likeness (QED) is 0.225. The summed E-state index contributed by atoms with van der Waals surface area (Å²) in [5, 5.41) is 2.85. The Morgan fingerprint density at radius 2 is 1.81 bits per heavy atom. The van der Waals surface area contributed by atoms with Crippen molar-refractivity contribution in [2.24, 2.45) is 0 Å². The predicted octanol–water partition coefficient (Wildman–Crippen LogP) is 6.82. The lowest BCUT2D eigenvalue weighted by atomic mass is 10.1. The number of amides is 4. The van der Waals surface area contributed by atoms with E-state index in [9.17, 15) is 14.4 Å². The first-order valence-electron chi connectivity index (χ1n) is 11.2. The maximum Gasteiger partial charge on any atom is 0.335 e. The average molecular weight is 649 g/mol. The summed E-state index contributed by atoms with van der Waals surface area (Å²) in [4.78, 5) is 39.5. The minimum Gasteiger partial charge on any atom is -0.490 e. The Bertz CT molecular complexity index is 1440. The second-order valence-corrected chi connectivity index (χ2v) is 10.3. The Labute approximate surface area is 235 Å². The van der Waals surface area contributed by atoms with E-state index in [1.54, 1.807) is 43.3 Å². The highest BCUT2D eigenvalue weighted by atomic mass is 79.9. The lowest BCUT2D eigenvalue weighted by molar-refractivity contribution is -0.122. The maximum absolute atomic E-state index is 13.3. The molecule has 190 valence electrons. The number of hydrogen-bond donors (Lipinski definition) is 1. The molecule has 1 fully saturated rings. The molecular weight excluding hydrogens is 628 g/mol. The molecule has 3 aromatic carbocycles. The summed E-state index contributed by atoms with van der Waals surface area (Å²) in [6.07, 6.45) is 1.42. The number of imide groups is 2. The van der Waals surface area contributed by atoms with E-state index in [4.69, 9.17) is 21.1 Å². The molecule has 0 radical (unpaired) electrons. The van der Waals surface area contributed by atoms with Gasteiger partial charge in [0.05, 0.1) is 16.8 Å². The molecule has 0 unspecified atom stereocenters. The summed E-state index contributed by atoms with van der Waals surface area (Å²) in [7, 11) is 0. The van der Waals surface area contributed by atoms with Gasteiger partial charge in [-0.15, -0.1) is 0 Å². The van der Waals surface area contributed by atoms with Crippen LogP contribution in [0.2, 0.25) is 5.02 Å². The molecule has 0 saturated carbocycles. The molecule has 1 N–H and O–H groups in total. The van der Waals surface area contributed by atoms with E-state index in [1.165, 1.54) is 6.08 Å². The molecular formula is C27H21Br2ClN2O5. The van der Waals surface area contributed by atoms with Crippen LogP contribution in [-0.4, -0.2) is 24.5 Å². The maximum atomic E-state index is 13.3. The lowest BCUT2D eigenvalue weighted by Crippen LogP contribution is -2.54. The van der Waals surface area contributed by atoms with E-state index >= 15 is 0 Å². The van der Waals surface area contributed by atoms with E-state index < -0.39 is 17.8 Å². The molecule has 1 aliphatic heterocycles. The van der Waals surface area contributed by atoms with Crippen LogP contribution in [0.15, 0.2) is 69.1 Å². The minimum atomic E-state index is -0.807. The van der Waals surface area contributed by atoms with Gasteiger partial charge in [-0.3, -0.25) is 14.9 Å². The van der Waals surface area contributed by atoms with Crippen molar-refractivity contribution >= 4 is 73.1 Å². The van der Waals surface area contributed by atoms with Gasteiger partial charge in [-0.25, -0.2) is 9.69 Å². The van der Waals surface area contributed by atoms with E-state index in [0.717, 1.165) is 14.9 Å². The smallest absolute Gasteiger partial charge is 0.335 e. The molecule has 0 spiro atoms. The van der Waals surface area contributed by atoms with E-state index in [-0.39, 0.29) is 12.2 Å². The Kier molecular flexibility index (Phi) is 8.36. The fourth-order valence-electron chi connectivity index (χ4n) is 3.77. The highest BCUT2D eigenvalue weighted by Gasteiger charge is 2.37. The summed E-state index contributed by atoms with van der Waals surface area (Å²) < 4.78 is 13.2. The SMILES string of the molecule is CCOc1cc(/C=C2/C(=O)NC(=O)N(c3ccc(Br)cc3C)C2=O)cc(Br)c1OCc1cccc(Cl)c1. The van der Waals surface area contributed by atoms with Gasteiger partial charge < -0.3 is 9.47 Å². The number of halogens is 3. The number of rotatable bonds is 7. The first kappa shape index (κ1) is 26.9. The van der Waals surface area contributed by atoms with Crippen LogP contribution in [-0.2, 0) is 16.2 Å². The molecule has 1 heterocycles. The molecule has 0 aliphatic carbocycles. The number of carbonyl (C=O) groups is 3. The Balaban J connectivity index is 1.67. The van der Waals surface area contributed by atoms with Crippen LogP contribution in [0.3, 0.4) is 0 Å². The first-order chi connectivity index (χ1) is 17.7. The van der Waals surface area contributed by atoms with Gasteiger partial charge in [-0.2, -0.15) is 0 Å². The normalized spacial score (nSPS) is 14.7. The second kappa shape index (κ2) is 11.5. The highest BCUT2D eigenvalue weighted by molar-refractivity contribution is 9.10. The van der Waals surface area contributed by atoms with Crippen molar-refractivity contribution in [2.75, 3.05) is 11.5 Å². The standard InChI is InChI=1S/C27H21Br2ClN2O5/c1-3-36-23-13-17(12-21(29)24(23)37-14-16-5-4-6-19(30)10-16)11-20-25(33)31-27(35)32(26(20)34)22-8-7-18(28)9-15(22)2/h4-13H,3,14H2,1-2H3,(H,31,33,35)/b20-11-. The molecule has 0 aromatic heterocycles. The predicted molar refractivity (Wildman–Crippen MR) is 149 cm³/mol. The summed E-state index contributed by atoms with van der Waals surface area (Å²) in [6, 6.07) is 15.0. The van der Waals surface area contributed by atoms with Crippen molar-refractivity contribution in [1.29, 1.82) is 0 Å². The number of ether oxygens (including phenoxy) is 2. The topological polar surface area (TPSA) is 84.9 Å². The molecule has 10 heteroatoms. The van der Waals surface area contributed by atoms with Crippen molar-refractivity contribution in [2.45, 2.75) is 20.5 Å². The molecule has 0 bridgehead atoms. The highest BCUT2D eigenvalue weighted by Crippen LogP contribution is 2.38. The Morgan fingerprint density at radius 1 is 1.03 bits per heavy atom. The number of nitrogens with zero attached hydrogens (tertiary/aromatic N) is 1. The van der Waals surface area contributed by atoms with Crippen LogP contribution < -0.4 is 19.7 Å². The third-order valence-electron chi connectivity index (χ3n) is 5.42. The van der Waals surface area contributed by atoms with Gasteiger partial charge >= 0.3 is 6.03 Å². The van der Waals surface area contributed by atoms with Crippen LogP contribution in [0.5, 0.6) is 11.5 Å². The van der Waals surface area contributed by atoms with Crippen molar-refractivity contribution in [3.8, 4) is 11.5 Å². The monoisotopic (exact) mass is 646 g/mol. The van der Waals surface area contributed by atoms with Crippen molar-refractivity contribution in [3.63, 3.8) is 0 Å². The fraction of sp³-hybridized carbons (Fsp3) is 0.148. The minimum absolute atomic E-state index is 0.191. The third-order valence-corrected chi connectivity index (χ3v) is 6.73. The van der Waals surface area contributed by atoms with Gasteiger partial charge in [0, 0.05) is 9.50 Å². The third kappa shape index (κ3) is 6.06. The van der Waals surface area contributed by atoms with Gasteiger partial charge in [0.1, 0.15) is 12.2 Å². The number of carbonyl (C=O) groups excluding carboxylic acids is 3. The summed E-state index contributed by atoms with van der Waals surface area (Å²) in [5.41, 5.74) is 2.26. The Hall–Kier alpha value is -3.14. The molecule has 4 rings (SSSR count). The summed E-state index contributed by atoms with van der Waals surface area (Å²) in [5.74, 6) is -0.622. The second-order valence-electron chi connectivity index (χ2n) is 8.07. The first-order valence-corrected chi connectivity index (χ1v) is 13.2. The van der Waals surface area contributed by atoms with Gasteiger partial charge in [0.2, 0.25) is 0 Å². The number of aryl methyl sites for hydroxylation is 1. The van der Waals surface area contributed by atoms with Crippen molar-refractivity contribution in [3.05, 3.63) is 90.8 Å². The molecule has 1 aliphatic rings. The average Bonchev–Trinajstić information content (AvgIpc) is 2.83. The van der Waals surface area contributed by atoms with E-state index in [0.29, 0.717) is 44.4 Å². The number of benzene rings is 3. The summed E-state index contributed by atoms with van der Waals surface area (Å²) >= 11 is 13.0. The van der Waals surface area contributed by atoms with Gasteiger partial charge in [0.25, 0.3) is 11.8 Å². The molecule has 4 amide bonds. The molecule has 3 aromatic rings. The van der Waals surface area contributed by atoms with Crippen LogP contribution in [0.25, 0.3) is 6.08 Å². The van der Waals surface area contributed by atoms with Crippen LogP contribution >= 0.6 is 43.5 Å². The number of urea groups is 1. The zero-order chi connectivity index (χ0) is 26.7. The van der Waals surface area contributed by atoms with Crippen LogP contribution in [0.4, 0.5) is 10.5 Å². The summed E-state index contributed by atoms with van der Waals surface area (Å²) in [6.45, 7) is 4.23. The van der Waals surface area contributed by atoms with E-state index in [2.05, 4.69) is 37.2 Å². The Morgan fingerprint density at radius 3 is 2.51 bits per heavy atom. The molecule has 0 atom stereocenters. The van der Waals surface area contributed by atoms with E-state index in [1.807, 2.05) is 25.1 Å². The molecule has 37 heavy (non-hydrogen) atoms. The van der Waals surface area contributed by atoms with Crippen molar-refractivity contribution in [1.82, 2.24) is 5.32 Å². The zero-order valence-corrected chi connectivity index (χ0v) is 23.7. The molecule has 7 nitrogen and oxygen atoms in total.